The van der Waals surface area contributed by atoms with Crippen molar-refractivity contribution in [1.29, 1.82) is 0 Å². The summed E-state index contributed by atoms with van der Waals surface area (Å²) in [5.41, 5.74) is 1.16. The van der Waals surface area contributed by atoms with Gasteiger partial charge in [0.2, 0.25) is 17.6 Å². The molecule has 1 unspecified atom stereocenters. The van der Waals surface area contributed by atoms with Gasteiger partial charge in [0.05, 0.1) is 23.7 Å². The Hall–Kier alpha value is -2.93. The quantitative estimate of drug-likeness (QED) is 0.675. The minimum Gasteiger partial charge on any atom is -0.495 e. The topological polar surface area (TPSA) is 68.5 Å². The lowest BCUT2D eigenvalue weighted by molar-refractivity contribution is -0.117. The van der Waals surface area contributed by atoms with Gasteiger partial charge in [0, 0.05) is 18.5 Å². The summed E-state index contributed by atoms with van der Waals surface area (Å²) in [6.45, 7) is 0.399. The van der Waals surface area contributed by atoms with E-state index in [0.717, 1.165) is 0 Å². The normalized spacial score (nSPS) is 16.8. The molecule has 2 heterocycles. The van der Waals surface area contributed by atoms with Gasteiger partial charge in [-0.1, -0.05) is 28.9 Å². The third-order valence-corrected chi connectivity index (χ3v) is 4.78. The largest absolute Gasteiger partial charge is 0.495 e. The Bertz CT molecular complexity index is 1010. The molecule has 1 fully saturated rings. The number of carbonyl (C=O) groups excluding carboxylic acids is 1. The van der Waals surface area contributed by atoms with Crippen molar-refractivity contribution < 1.29 is 18.4 Å². The second-order valence-corrected chi connectivity index (χ2v) is 6.57. The van der Waals surface area contributed by atoms with Crippen molar-refractivity contribution in [3.05, 3.63) is 59.2 Å². The molecule has 4 rings (SSSR count). The number of halogens is 2. The number of hydrogen-bond acceptors (Lipinski definition) is 5. The monoisotopic (exact) mass is 387 g/mol. The van der Waals surface area contributed by atoms with E-state index >= 15 is 0 Å². The SMILES string of the molecule is COc1ccccc1N1CC(c2nc(-c3ccc(Cl)c(F)c3)no2)CC1=O. The minimum atomic E-state index is -0.557. The van der Waals surface area contributed by atoms with Gasteiger partial charge in [0.1, 0.15) is 11.6 Å². The summed E-state index contributed by atoms with van der Waals surface area (Å²) in [5, 5.41) is 3.93. The molecule has 1 saturated heterocycles. The molecule has 2 aromatic carbocycles. The first kappa shape index (κ1) is 17.5. The van der Waals surface area contributed by atoms with Crippen LogP contribution in [0.15, 0.2) is 47.0 Å². The maximum Gasteiger partial charge on any atom is 0.232 e. The number of hydrogen-bond donors (Lipinski definition) is 0. The van der Waals surface area contributed by atoms with Crippen LogP contribution in [0.4, 0.5) is 10.1 Å². The molecule has 0 bridgehead atoms. The summed E-state index contributed by atoms with van der Waals surface area (Å²) in [7, 11) is 1.56. The lowest BCUT2D eigenvalue weighted by Crippen LogP contribution is -2.24. The number of anilines is 1. The van der Waals surface area contributed by atoms with E-state index in [2.05, 4.69) is 10.1 Å². The van der Waals surface area contributed by atoms with Crippen LogP contribution in [0.5, 0.6) is 5.75 Å². The smallest absolute Gasteiger partial charge is 0.232 e. The van der Waals surface area contributed by atoms with Crippen LogP contribution in [0.25, 0.3) is 11.4 Å². The third-order valence-electron chi connectivity index (χ3n) is 4.47. The van der Waals surface area contributed by atoms with Gasteiger partial charge in [-0.15, -0.1) is 0 Å². The number of ether oxygens (including phenoxy) is 1. The van der Waals surface area contributed by atoms with Gasteiger partial charge in [0.15, 0.2) is 0 Å². The lowest BCUT2D eigenvalue weighted by atomic mass is 10.1. The van der Waals surface area contributed by atoms with E-state index in [4.69, 9.17) is 20.9 Å². The summed E-state index contributed by atoms with van der Waals surface area (Å²) in [6, 6.07) is 11.6. The van der Waals surface area contributed by atoms with Crippen molar-refractivity contribution >= 4 is 23.2 Å². The molecule has 1 aromatic heterocycles. The number of rotatable bonds is 4. The molecule has 1 aliphatic rings. The van der Waals surface area contributed by atoms with Gasteiger partial charge in [-0.25, -0.2) is 4.39 Å². The van der Waals surface area contributed by atoms with Crippen LogP contribution in [0.3, 0.4) is 0 Å². The molecule has 1 amide bonds. The Morgan fingerprint density at radius 2 is 2.11 bits per heavy atom. The number of nitrogens with zero attached hydrogens (tertiary/aromatic N) is 3. The highest BCUT2D eigenvalue weighted by molar-refractivity contribution is 6.30. The first-order chi connectivity index (χ1) is 13.1. The molecule has 0 aliphatic carbocycles. The lowest BCUT2D eigenvalue weighted by Gasteiger charge is -2.18. The number of methoxy groups -OCH3 is 1. The molecule has 0 radical (unpaired) electrons. The van der Waals surface area contributed by atoms with E-state index in [9.17, 15) is 9.18 Å². The van der Waals surface area contributed by atoms with Gasteiger partial charge in [-0.05, 0) is 30.3 Å². The van der Waals surface area contributed by atoms with Crippen LogP contribution >= 0.6 is 11.6 Å². The van der Waals surface area contributed by atoms with Gasteiger partial charge >= 0.3 is 0 Å². The van der Waals surface area contributed by atoms with Crippen LogP contribution in [0, 0.1) is 5.82 Å². The molecule has 138 valence electrons. The number of carbonyl (C=O) groups is 1. The average molecular weight is 388 g/mol. The number of para-hydroxylation sites is 2. The Balaban J connectivity index is 1.58. The van der Waals surface area contributed by atoms with Crippen molar-refractivity contribution in [2.75, 3.05) is 18.6 Å². The highest BCUT2D eigenvalue weighted by Crippen LogP contribution is 2.36. The van der Waals surface area contributed by atoms with Crippen LogP contribution in [0.1, 0.15) is 18.2 Å². The third kappa shape index (κ3) is 3.26. The number of amides is 1. The zero-order chi connectivity index (χ0) is 19.0. The predicted octanol–water partition coefficient (Wildman–Crippen LogP) is 4.06. The molecule has 0 saturated carbocycles. The van der Waals surface area contributed by atoms with Crippen LogP contribution in [-0.4, -0.2) is 29.7 Å². The fraction of sp³-hybridized carbons (Fsp3) is 0.211. The number of benzene rings is 2. The Kier molecular flexibility index (Phi) is 4.53. The average Bonchev–Trinajstić information content (AvgIpc) is 3.31. The van der Waals surface area contributed by atoms with Crippen molar-refractivity contribution in [3.63, 3.8) is 0 Å². The van der Waals surface area contributed by atoms with E-state index in [-0.39, 0.29) is 29.1 Å². The number of aromatic nitrogens is 2. The molecule has 1 atom stereocenters. The van der Waals surface area contributed by atoms with Crippen LogP contribution < -0.4 is 9.64 Å². The van der Waals surface area contributed by atoms with E-state index in [1.807, 2.05) is 18.2 Å². The molecule has 6 nitrogen and oxygen atoms in total. The van der Waals surface area contributed by atoms with Crippen molar-refractivity contribution in [2.45, 2.75) is 12.3 Å². The fourth-order valence-electron chi connectivity index (χ4n) is 3.11. The van der Waals surface area contributed by atoms with Crippen molar-refractivity contribution in [2.24, 2.45) is 0 Å². The highest BCUT2D eigenvalue weighted by atomic mass is 35.5. The second-order valence-electron chi connectivity index (χ2n) is 6.16. The fourth-order valence-corrected chi connectivity index (χ4v) is 3.23. The van der Waals surface area contributed by atoms with Crippen LogP contribution in [0.2, 0.25) is 5.02 Å². The van der Waals surface area contributed by atoms with E-state index in [0.29, 0.717) is 29.4 Å². The van der Waals surface area contributed by atoms with Crippen molar-refractivity contribution in [3.8, 4) is 17.1 Å². The maximum absolute atomic E-state index is 13.7. The summed E-state index contributed by atoms with van der Waals surface area (Å²) in [4.78, 5) is 18.5. The molecule has 3 aromatic rings. The molecule has 0 spiro atoms. The highest BCUT2D eigenvalue weighted by Gasteiger charge is 2.36. The summed E-state index contributed by atoms with van der Waals surface area (Å²) in [5.74, 6) is 0.353. The molecular formula is C19H15ClFN3O3. The molecule has 27 heavy (non-hydrogen) atoms. The second kappa shape index (κ2) is 7.00. The Labute approximate surface area is 159 Å². The maximum atomic E-state index is 13.7. The molecular weight excluding hydrogens is 373 g/mol. The zero-order valence-electron chi connectivity index (χ0n) is 14.4. The first-order valence-electron chi connectivity index (χ1n) is 8.29. The van der Waals surface area contributed by atoms with Gasteiger partial charge in [-0.2, -0.15) is 4.98 Å². The van der Waals surface area contributed by atoms with Gasteiger partial charge in [-0.3, -0.25) is 4.79 Å². The molecule has 0 N–H and O–H groups in total. The van der Waals surface area contributed by atoms with Gasteiger partial charge < -0.3 is 14.2 Å². The minimum absolute atomic E-state index is 0.0244. The Morgan fingerprint density at radius 3 is 2.89 bits per heavy atom. The first-order valence-corrected chi connectivity index (χ1v) is 8.67. The molecule has 1 aliphatic heterocycles. The van der Waals surface area contributed by atoms with E-state index in [1.54, 1.807) is 24.1 Å². The standard InChI is InChI=1S/C19H15ClFN3O3/c1-26-16-5-3-2-4-15(16)24-10-12(9-17(24)25)19-22-18(23-27-19)11-6-7-13(20)14(21)8-11/h2-8,12H,9-10H2,1H3. The summed E-state index contributed by atoms with van der Waals surface area (Å²) >= 11 is 5.70. The summed E-state index contributed by atoms with van der Waals surface area (Å²) in [6.07, 6.45) is 0.245. The summed E-state index contributed by atoms with van der Waals surface area (Å²) < 4.78 is 24.3. The van der Waals surface area contributed by atoms with E-state index < -0.39 is 5.82 Å². The van der Waals surface area contributed by atoms with Gasteiger partial charge in [0.25, 0.3) is 0 Å². The van der Waals surface area contributed by atoms with Crippen molar-refractivity contribution in [1.82, 2.24) is 10.1 Å². The van der Waals surface area contributed by atoms with E-state index in [1.165, 1.54) is 12.1 Å². The van der Waals surface area contributed by atoms with Crippen LogP contribution in [-0.2, 0) is 4.79 Å². The Morgan fingerprint density at radius 1 is 1.30 bits per heavy atom. The molecule has 8 heteroatoms. The zero-order valence-corrected chi connectivity index (χ0v) is 15.1. The predicted molar refractivity (Wildman–Crippen MR) is 97.4 cm³/mol.